The Morgan fingerprint density at radius 3 is 2.63 bits per heavy atom. The normalized spacial score (nSPS) is 10.5. The van der Waals surface area contributed by atoms with Crippen molar-refractivity contribution in [3.05, 3.63) is 46.6 Å². The van der Waals surface area contributed by atoms with Gasteiger partial charge in [-0.3, -0.25) is 9.48 Å². The lowest BCUT2D eigenvalue weighted by Gasteiger charge is -2.05. The summed E-state index contributed by atoms with van der Waals surface area (Å²) in [5.41, 5.74) is 1.98. The summed E-state index contributed by atoms with van der Waals surface area (Å²) in [4.78, 5) is 11.8. The minimum absolute atomic E-state index is 0.0158. The van der Waals surface area contributed by atoms with E-state index in [1.165, 1.54) is 0 Å². The number of nitrogens with one attached hydrogen (secondary N) is 1. The molecule has 1 amide bonds. The highest BCUT2D eigenvalue weighted by atomic mass is 35.5. The van der Waals surface area contributed by atoms with Crippen LogP contribution in [0, 0.1) is 6.92 Å². The molecule has 0 fully saturated rings. The number of carbonyl (C=O) groups excluding carboxylic acids is 1. The molecule has 4 nitrogen and oxygen atoms in total. The zero-order valence-electron chi connectivity index (χ0n) is 11.0. The quantitative estimate of drug-likeness (QED) is 0.934. The van der Waals surface area contributed by atoms with Crippen LogP contribution in [0.3, 0.4) is 0 Å². The fourth-order valence-electron chi connectivity index (χ4n) is 1.84. The second kappa shape index (κ2) is 5.89. The zero-order valence-corrected chi connectivity index (χ0v) is 11.7. The van der Waals surface area contributed by atoms with Crippen molar-refractivity contribution in [1.82, 2.24) is 9.78 Å². The average molecular weight is 278 g/mol. The molecule has 0 aliphatic heterocycles. The predicted octanol–water partition coefficient (Wildman–Crippen LogP) is 2.95. The van der Waals surface area contributed by atoms with Gasteiger partial charge in [0.15, 0.2) is 0 Å². The molecule has 0 radical (unpaired) electrons. The summed E-state index contributed by atoms with van der Waals surface area (Å²) in [5, 5.41) is 7.73. The summed E-state index contributed by atoms with van der Waals surface area (Å²) < 4.78 is 1.66. The van der Waals surface area contributed by atoms with Crippen LogP contribution in [0.2, 0.25) is 5.02 Å². The third kappa shape index (κ3) is 3.83. The van der Waals surface area contributed by atoms with E-state index in [1.54, 1.807) is 4.68 Å². The zero-order chi connectivity index (χ0) is 13.8. The average Bonchev–Trinajstić information content (AvgIpc) is 2.67. The minimum atomic E-state index is -0.0158. The van der Waals surface area contributed by atoms with Gasteiger partial charge in [0, 0.05) is 24.6 Å². The van der Waals surface area contributed by atoms with E-state index < -0.39 is 0 Å². The van der Waals surface area contributed by atoms with Crippen LogP contribution < -0.4 is 5.32 Å². The lowest BCUT2D eigenvalue weighted by Crippen LogP contribution is -2.14. The molecular weight excluding hydrogens is 262 g/mol. The number of hydrogen-bond donors (Lipinski definition) is 1. The minimum Gasteiger partial charge on any atom is -0.311 e. The van der Waals surface area contributed by atoms with Crippen molar-refractivity contribution in [2.45, 2.75) is 19.8 Å². The van der Waals surface area contributed by atoms with Crippen LogP contribution in [0.5, 0.6) is 0 Å². The molecule has 0 atom stereocenters. The van der Waals surface area contributed by atoms with E-state index in [0.29, 0.717) is 17.9 Å². The molecule has 0 saturated heterocycles. The van der Waals surface area contributed by atoms with Crippen LogP contribution in [0.15, 0.2) is 30.3 Å². The maximum absolute atomic E-state index is 11.8. The molecule has 1 heterocycles. The van der Waals surface area contributed by atoms with Gasteiger partial charge in [-0.15, -0.1) is 0 Å². The number of halogens is 1. The maximum atomic E-state index is 11.8. The number of amides is 1. The fraction of sp³-hybridized carbons (Fsp3) is 0.286. The van der Waals surface area contributed by atoms with Gasteiger partial charge in [0.25, 0.3) is 0 Å². The third-order valence-corrected chi connectivity index (χ3v) is 3.08. The summed E-state index contributed by atoms with van der Waals surface area (Å²) in [7, 11) is 1.81. The molecule has 0 aliphatic carbocycles. The van der Waals surface area contributed by atoms with Gasteiger partial charge in [-0.1, -0.05) is 23.7 Å². The lowest BCUT2D eigenvalue weighted by atomic mass is 10.1. The van der Waals surface area contributed by atoms with Crippen molar-refractivity contribution in [2.24, 2.45) is 7.05 Å². The van der Waals surface area contributed by atoms with Crippen molar-refractivity contribution in [1.29, 1.82) is 0 Å². The molecule has 1 aromatic heterocycles. The van der Waals surface area contributed by atoms with E-state index in [-0.39, 0.29) is 5.91 Å². The SMILES string of the molecule is Cc1cc(NC(=O)CCc2ccc(Cl)cc2)n(C)n1. The molecular formula is C14H16ClN3O. The number of aryl methyl sites for hydroxylation is 3. The maximum Gasteiger partial charge on any atom is 0.225 e. The number of rotatable bonds is 4. The first-order valence-electron chi connectivity index (χ1n) is 6.09. The molecule has 0 unspecified atom stereocenters. The Morgan fingerprint density at radius 1 is 1.37 bits per heavy atom. The van der Waals surface area contributed by atoms with Gasteiger partial charge >= 0.3 is 0 Å². The van der Waals surface area contributed by atoms with Crippen LogP contribution >= 0.6 is 11.6 Å². The first kappa shape index (κ1) is 13.6. The highest BCUT2D eigenvalue weighted by Gasteiger charge is 2.07. The molecule has 2 rings (SSSR count). The molecule has 0 spiro atoms. The van der Waals surface area contributed by atoms with Gasteiger partial charge in [-0.05, 0) is 31.0 Å². The summed E-state index contributed by atoms with van der Waals surface area (Å²) >= 11 is 5.81. The van der Waals surface area contributed by atoms with E-state index in [9.17, 15) is 4.79 Å². The number of benzene rings is 1. The monoisotopic (exact) mass is 277 g/mol. The number of anilines is 1. The lowest BCUT2D eigenvalue weighted by molar-refractivity contribution is -0.116. The molecule has 100 valence electrons. The molecule has 1 N–H and O–H groups in total. The Hall–Kier alpha value is -1.81. The largest absolute Gasteiger partial charge is 0.311 e. The van der Waals surface area contributed by atoms with Crippen LogP contribution in [-0.4, -0.2) is 15.7 Å². The van der Waals surface area contributed by atoms with E-state index in [1.807, 2.05) is 44.3 Å². The van der Waals surface area contributed by atoms with Crippen LogP contribution in [0.25, 0.3) is 0 Å². The fourth-order valence-corrected chi connectivity index (χ4v) is 1.97. The van der Waals surface area contributed by atoms with Gasteiger partial charge in [0.1, 0.15) is 5.82 Å². The van der Waals surface area contributed by atoms with Gasteiger partial charge in [-0.2, -0.15) is 5.10 Å². The highest BCUT2D eigenvalue weighted by molar-refractivity contribution is 6.30. The second-order valence-electron chi connectivity index (χ2n) is 4.47. The molecule has 0 aliphatic rings. The van der Waals surface area contributed by atoms with Gasteiger partial charge in [0.05, 0.1) is 5.69 Å². The standard InChI is InChI=1S/C14H16ClN3O/c1-10-9-13(18(2)17-10)16-14(19)8-5-11-3-6-12(15)7-4-11/h3-4,6-7,9H,5,8H2,1-2H3,(H,16,19). The van der Waals surface area contributed by atoms with Crippen molar-refractivity contribution < 1.29 is 4.79 Å². The Morgan fingerprint density at radius 2 is 2.05 bits per heavy atom. The van der Waals surface area contributed by atoms with E-state index in [0.717, 1.165) is 17.1 Å². The molecule has 0 saturated carbocycles. The van der Waals surface area contributed by atoms with Crippen LogP contribution in [0.1, 0.15) is 17.7 Å². The highest BCUT2D eigenvalue weighted by Crippen LogP contribution is 2.12. The Labute approximate surface area is 117 Å². The summed E-state index contributed by atoms with van der Waals surface area (Å²) in [6, 6.07) is 9.38. The summed E-state index contributed by atoms with van der Waals surface area (Å²) in [5.74, 6) is 0.705. The predicted molar refractivity (Wildman–Crippen MR) is 76.3 cm³/mol. The van der Waals surface area contributed by atoms with Crippen molar-refractivity contribution >= 4 is 23.3 Å². The van der Waals surface area contributed by atoms with Crippen LogP contribution in [0.4, 0.5) is 5.82 Å². The number of hydrogen-bond acceptors (Lipinski definition) is 2. The number of nitrogens with zero attached hydrogens (tertiary/aromatic N) is 2. The van der Waals surface area contributed by atoms with Gasteiger partial charge in [-0.25, -0.2) is 0 Å². The summed E-state index contributed by atoms with van der Waals surface area (Å²) in [6.07, 6.45) is 1.13. The van der Waals surface area contributed by atoms with Gasteiger partial charge < -0.3 is 5.32 Å². The molecule has 2 aromatic rings. The van der Waals surface area contributed by atoms with E-state index >= 15 is 0 Å². The van der Waals surface area contributed by atoms with E-state index in [4.69, 9.17) is 11.6 Å². The van der Waals surface area contributed by atoms with Crippen LogP contribution in [-0.2, 0) is 18.3 Å². The smallest absolute Gasteiger partial charge is 0.225 e. The van der Waals surface area contributed by atoms with Crippen molar-refractivity contribution in [3.8, 4) is 0 Å². The van der Waals surface area contributed by atoms with Crippen molar-refractivity contribution in [2.75, 3.05) is 5.32 Å². The van der Waals surface area contributed by atoms with Crippen molar-refractivity contribution in [3.63, 3.8) is 0 Å². The van der Waals surface area contributed by atoms with Gasteiger partial charge in [0.2, 0.25) is 5.91 Å². The topological polar surface area (TPSA) is 46.9 Å². The Kier molecular flexibility index (Phi) is 4.22. The second-order valence-corrected chi connectivity index (χ2v) is 4.91. The number of carbonyl (C=O) groups is 1. The Bertz CT molecular complexity index is 575. The molecule has 5 heteroatoms. The third-order valence-electron chi connectivity index (χ3n) is 2.82. The Balaban J connectivity index is 1.88. The first-order valence-corrected chi connectivity index (χ1v) is 6.47. The number of aromatic nitrogens is 2. The molecule has 1 aromatic carbocycles. The first-order chi connectivity index (χ1) is 9.04. The molecule has 19 heavy (non-hydrogen) atoms. The van der Waals surface area contributed by atoms with E-state index in [2.05, 4.69) is 10.4 Å². The molecule has 0 bridgehead atoms. The summed E-state index contributed by atoms with van der Waals surface area (Å²) in [6.45, 7) is 1.89.